The van der Waals surface area contributed by atoms with Crippen LogP contribution in [0.5, 0.6) is 0 Å². The van der Waals surface area contributed by atoms with Gasteiger partial charge in [-0.25, -0.2) is 28.5 Å². The van der Waals surface area contributed by atoms with Gasteiger partial charge in [0.15, 0.2) is 0 Å². The summed E-state index contributed by atoms with van der Waals surface area (Å²) in [6.07, 6.45) is 4.37. The molecule has 1 fully saturated rings. The van der Waals surface area contributed by atoms with E-state index < -0.39 is 15.3 Å². The monoisotopic (exact) mass is 430 g/mol. The van der Waals surface area contributed by atoms with Crippen LogP contribution >= 0.6 is 0 Å². The summed E-state index contributed by atoms with van der Waals surface area (Å²) in [5.41, 5.74) is 1.87. The number of aromatic nitrogens is 5. The van der Waals surface area contributed by atoms with Crippen molar-refractivity contribution in [3.8, 4) is 0 Å². The summed E-state index contributed by atoms with van der Waals surface area (Å²) < 4.78 is 25.3. The number of anilines is 3. The van der Waals surface area contributed by atoms with E-state index in [1.54, 1.807) is 18.5 Å². The second-order valence-corrected chi connectivity index (χ2v) is 9.67. The van der Waals surface area contributed by atoms with Gasteiger partial charge in [0.05, 0.1) is 17.0 Å². The summed E-state index contributed by atoms with van der Waals surface area (Å²) in [6.45, 7) is 7.32. The van der Waals surface area contributed by atoms with Gasteiger partial charge in [-0.2, -0.15) is 4.98 Å². The van der Waals surface area contributed by atoms with Crippen LogP contribution < -0.4 is 15.4 Å². The maximum Gasteiger partial charge on any atom is 0.227 e. The highest BCUT2D eigenvalue weighted by molar-refractivity contribution is 7.89. The second kappa shape index (κ2) is 7.80. The number of hydrogen-bond acceptors (Lipinski definition) is 8. The first-order valence-corrected chi connectivity index (χ1v) is 11.5. The van der Waals surface area contributed by atoms with E-state index >= 15 is 0 Å². The van der Waals surface area contributed by atoms with Crippen LogP contribution in [0.2, 0.25) is 0 Å². The number of imidazole rings is 1. The number of pyridine rings is 1. The van der Waals surface area contributed by atoms with Crippen molar-refractivity contribution in [3.05, 3.63) is 30.4 Å². The highest BCUT2D eigenvalue weighted by Gasteiger charge is 2.28. The zero-order valence-electron chi connectivity index (χ0n) is 17.3. The van der Waals surface area contributed by atoms with E-state index in [1.807, 2.05) is 17.9 Å². The second-order valence-electron chi connectivity index (χ2n) is 7.82. The Morgan fingerprint density at radius 1 is 1.17 bits per heavy atom. The van der Waals surface area contributed by atoms with Gasteiger partial charge < -0.3 is 14.8 Å². The number of hydrogen-bond donors (Lipinski definition) is 2. The van der Waals surface area contributed by atoms with Crippen molar-refractivity contribution in [2.45, 2.75) is 44.9 Å². The molecule has 160 valence electrons. The number of piperidine rings is 1. The van der Waals surface area contributed by atoms with Crippen molar-refractivity contribution in [2.24, 2.45) is 5.14 Å². The van der Waals surface area contributed by atoms with Gasteiger partial charge >= 0.3 is 0 Å². The molecular formula is C19H26N8O2S. The van der Waals surface area contributed by atoms with Gasteiger partial charge in [0.1, 0.15) is 23.0 Å². The third-order valence-corrected chi connectivity index (χ3v) is 6.76. The Morgan fingerprint density at radius 3 is 2.57 bits per heavy atom. The molecule has 10 nitrogen and oxygen atoms in total. The fraction of sp³-hybridized carbons (Fsp3) is 0.474. The number of rotatable bonds is 5. The van der Waals surface area contributed by atoms with Crippen LogP contribution in [0.15, 0.2) is 24.5 Å². The minimum Gasteiger partial charge on any atom is -0.341 e. The van der Waals surface area contributed by atoms with Gasteiger partial charge in [0.25, 0.3) is 0 Å². The summed E-state index contributed by atoms with van der Waals surface area (Å²) in [4.78, 5) is 19.9. The number of sulfonamides is 1. The van der Waals surface area contributed by atoms with Crippen molar-refractivity contribution in [1.82, 2.24) is 24.5 Å². The van der Waals surface area contributed by atoms with E-state index in [2.05, 4.69) is 43.7 Å². The molecule has 0 atom stereocenters. The predicted molar refractivity (Wildman–Crippen MR) is 116 cm³/mol. The Kier molecular flexibility index (Phi) is 5.33. The summed E-state index contributed by atoms with van der Waals surface area (Å²) in [5.74, 6) is 2.79. The minimum atomic E-state index is -3.50. The highest BCUT2D eigenvalue weighted by atomic mass is 32.2. The number of primary sulfonamides is 1. The number of aryl methyl sites for hydroxylation is 1. The molecule has 11 heteroatoms. The molecule has 0 saturated carbocycles. The lowest BCUT2D eigenvalue weighted by molar-refractivity contribution is 0.527. The molecule has 0 radical (unpaired) electrons. The van der Waals surface area contributed by atoms with Crippen molar-refractivity contribution >= 4 is 38.6 Å². The lowest BCUT2D eigenvalue weighted by Crippen LogP contribution is -2.42. The maximum atomic E-state index is 11.6. The number of nitrogens with two attached hydrogens (primary N) is 1. The van der Waals surface area contributed by atoms with Gasteiger partial charge in [-0.15, -0.1) is 0 Å². The summed E-state index contributed by atoms with van der Waals surface area (Å²) >= 11 is 0. The average molecular weight is 431 g/mol. The largest absolute Gasteiger partial charge is 0.341 e. The molecule has 4 heterocycles. The quantitative estimate of drug-likeness (QED) is 0.629. The first-order valence-electron chi connectivity index (χ1n) is 9.93. The predicted octanol–water partition coefficient (Wildman–Crippen LogP) is 2.11. The lowest BCUT2D eigenvalue weighted by Gasteiger charge is -2.30. The molecule has 1 saturated heterocycles. The summed E-state index contributed by atoms with van der Waals surface area (Å²) in [6, 6.07) is 4.03. The fourth-order valence-corrected chi connectivity index (χ4v) is 4.79. The maximum absolute atomic E-state index is 11.6. The Morgan fingerprint density at radius 2 is 1.90 bits per heavy atom. The first-order chi connectivity index (χ1) is 14.2. The Labute approximate surface area is 175 Å². The molecule has 0 aliphatic carbocycles. The van der Waals surface area contributed by atoms with Gasteiger partial charge in [-0.05, 0) is 39.7 Å². The van der Waals surface area contributed by atoms with Crippen molar-refractivity contribution < 1.29 is 8.42 Å². The molecule has 0 aromatic carbocycles. The fourth-order valence-electron chi connectivity index (χ4n) is 3.93. The zero-order valence-corrected chi connectivity index (χ0v) is 18.1. The minimum absolute atomic E-state index is 0.288. The number of nitrogens with zero attached hydrogens (tertiary/aromatic N) is 6. The smallest absolute Gasteiger partial charge is 0.227 e. The first kappa shape index (κ1) is 20.5. The van der Waals surface area contributed by atoms with Gasteiger partial charge in [-0.1, -0.05) is 0 Å². The Balaban J connectivity index is 1.53. The van der Waals surface area contributed by atoms with Crippen LogP contribution in [0, 0.1) is 6.92 Å². The normalized spacial score (nSPS) is 15.8. The standard InChI is InChI=1S/C19H26N8O2S/c1-12(2)27-13(3)23-15-11-22-18(10-16(15)27)24-17-4-7-21-19(25-17)26-8-5-14(6-9-26)30(20,28)29/h4,7,10-12,14H,5-6,8-9H2,1-3H3,(H2,20,28,29)(H,21,22,24,25). The Hall–Kier alpha value is -2.79. The van der Waals surface area contributed by atoms with E-state index in [0.29, 0.717) is 43.5 Å². The van der Waals surface area contributed by atoms with Crippen molar-refractivity contribution in [1.29, 1.82) is 0 Å². The Bertz CT molecular complexity index is 1170. The van der Waals surface area contributed by atoms with Gasteiger partial charge in [0.2, 0.25) is 16.0 Å². The number of fused-ring (bicyclic) bond motifs is 1. The topological polar surface area (TPSA) is 132 Å². The van der Waals surface area contributed by atoms with E-state index in [1.165, 1.54) is 0 Å². The third-order valence-electron chi connectivity index (χ3n) is 5.36. The van der Waals surface area contributed by atoms with Crippen LogP contribution in [0.3, 0.4) is 0 Å². The van der Waals surface area contributed by atoms with Crippen LogP contribution in [-0.4, -0.2) is 51.3 Å². The van der Waals surface area contributed by atoms with Gasteiger partial charge in [-0.3, -0.25) is 0 Å². The average Bonchev–Trinajstić information content (AvgIpc) is 3.03. The van der Waals surface area contributed by atoms with Crippen LogP contribution in [0.25, 0.3) is 11.0 Å². The molecule has 3 N–H and O–H groups in total. The molecule has 0 unspecified atom stereocenters. The SMILES string of the molecule is Cc1nc2cnc(Nc3ccnc(N4CCC(S(N)(=O)=O)CC4)n3)cc2n1C(C)C. The summed E-state index contributed by atoms with van der Waals surface area (Å²) in [5, 5.41) is 8.01. The lowest BCUT2D eigenvalue weighted by atomic mass is 10.1. The molecule has 3 aromatic heterocycles. The highest BCUT2D eigenvalue weighted by Crippen LogP contribution is 2.25. The molecule has 0 bridgehead atoms. The van der Waals surface area contributed by atoms with E-state index in [9.17, 15) is 8.42 Å². The van der Waals surface area contributed by atoms with Crippen LogP contribution in [0.4, 0.5) is 17.6 Å². The van der Waals surface area contributed by atoms with Crippen LogP contribution in [-0.2, 0) is 10.0 Å². The zero-order chi connectivity index (χ0) is 21.5. The third kappa shape index (κ3) is 4.08. The van der Waals surface area contributed by atoms with E-state index in [0.717, 1.165) is 16.9 Å². The molecule has 0 amide bonds. The van der Waals surface area contributed by atoms with Gasteiger partial charge in [0, 0.05) is 31.4 Å². The molecule has 1 aliphatic rings. The molecule has 1 aliphatic heterocycles. The van der Waals surface area contributed by atoms with Crippen LogP contribution in [0.1, 0.15) is 38.6 Å². The van der Waals surface area contributed by atoms with Crippen molar-refractivity contribution in [3.63, 3.8) is 0 Å². The molecular weight excluding hydrogens is 404 g/mol. The summed E-state index contributed by atoms with van der Waals surface area (Å²) in [7, 11) is -3.50. The molecule has 4 rings (SSSR count). The number of nitrogens with one attached hydrogen (secondary N) is 1. The van der Waals surface area contributed by atoms with Crippen molar-refractivity contribution in [2.75, 3.05) is 23.3 Å². The molecule has 0 spiro atoms. The van der Waals surface area contributed by atoms with E-state index in [4.69, 9.17) is 5.14 Å². The van der Waals surface area contributed by atoms with E-state index in [-0.39, 0.29) is 6.04 Å². The molecule has 30 heavy (non-hydrogen) atoms. The molecule has 3 aromatic rings.